The molecule has 1 amide bonds. The first-order valence-electron chi connectivity index (χ1n) is 9.68. The van der Waals surface area contributed by atoms with E-state index in [2.05, 4.69) is 10.5 Å². The summed E-state index contributed by atoms with van der Waals surface area (Å²) >= 11 is 0. The summed E-state index contributed by atoms with van der Waals surface area (Å²) in [4.78, 5) is 12.6. The van der Waals surface area contributed by atoms with Gasteiger partial charge in [-0.1, -0.05) is 30.3 Å². The average molecular weight is 454 g/mol. The largest absolute Gasteiger partial charge is 0.504 e. The van der Waals surface area contributed by atoms with Crippen LogP contribution in [-0.4, -0.2) is 37.3 Å². The van der Waals surface area contributed by atoms with E-state index in [1.165, 1.54) is 30.3 Å². The molecule has 0 aliphatic heterocycles. The first-order chi connectivity index (χ1) is 15.2. The Morgan fingerprint density at radius 2 is 1.72 bits per heavy atom. The van der Waals surface area contributed by atoms with Crippen molar-refractivity contribution >= 4 is 27.8 Å². The highest BCUT2D eigenvalue weighted by Crippen LogP contribution is 2.27. The van der Waals surface area contributed by atoms with Gasteiger partial charge in [-0.3, -0.25) is 9.10 Å². The van der Waals surface area contributed by atoms with Crippen LogP contribution in [-0.2, 0) is 14.8 Å². The Kier molecular flexibility index (Phi) is 6.79. The van der Waals surface area contributed by atoms with Crippen LogP contribution >= 0.6 is 0 Å². The van der Waals surface area contributed by atoms with E-state index in [0.717, 1.165) is 21.6 Å². The fourth-order valence-electron chi connectivity index (χ4n) is 2.91. The third-order valence-electron chi connectivity index (χ3n) is 4.84. The molecule has 0 spiro atoms. The van der Waals surface area contributed by atoms with Gasteiger partial charge in [-0.2, -0.15) is 5.10 Å². The standard InChI is InChI=1S/C23H23N3O5S/c1-16-11-12-19(13-17(16)2)26(32(30,31)20-8-4-3-5-9-20)15-22(28)25-24-14-18-7-6-10-21(27)23(18)29/h3-14,27,29H,15H2,1-2H3,(H,25,28)/b24-14-. The van der Waals surface area contributed by atoms with Crippen molar-refractivity contribution < 1.29 is 23.4 Å². The summed E-state index contributed by atoms with van der Waals surface area (Å²) in [5.41, 5.74) is 4.67. The van der Waals surface area contributed by atoms with Crippen LogP contribution in [0.15, 0.2) is 76.7 Å². The molecule has 0 atom stereocenters. The summed E-state index contributed by atoms with van der Waals surface area (Å²) in [5.74, 6) is -1.39. The van der Waals surface area contributed by atoms with Crippen LogP contribution in [0.5, 0.6) is 11.5 Å². The Morgan fingerprint density at radius 1 is 1.00 bits per heavy atom. The summed E-state index contributed by atoms with van der Waals surface area (Å²) in [6.07, 6.45) is 1.15. The number of aromatic hydroxyl groups is 2. The summed E-state index contributed by atoms with van der Waals surface area (Å²) < 4.78 is 27.6. The first-order valence-corrected chi connectivity index (χ1v) is 11.1. The van der Waals surface area contributed by atoms with E-state index >= 15 is 0 Å². The molecule has 0 saturated heterocycles. The molecule has 0 saturated carbocycles. The Bertz CT molecular complexity index is 1260. The monoisotopic (exact) mass is 453 g/mol. The van der Waals surface area contributed by atoms with Gasteiger partial charge in [0.25, 0.3) is 15.9 Å². The van der Waals surface area contributed by atoms with Gasteiger partial charge in [-0.25, -0.2) is 13.8 Å². The molecule has 9 heteroatoms. The quantitative estimate of drug-likeness (QED) is 0.289. The van der Waals surface area contributed by atoms with Crippen LogP contribution in [0.4, 0.5) is 5.69 Å². The van der Waals surface area contributed by atoms with Crippen LogP contribution in [0.3, 0.4) is 0 Å². The lowest BCUT2D eigenvalue weighted by molar-refractivity contribution is -0.119. The molecule has 3 aromatic carbocycles. The molecule has 0 radical (unpaired) electrons. The zero-order valence-electron chi connectivity index (χ0n) is 17.6. The summed E-state index contributed by atoms with van der Waals surface area (Å²) in [5, 5.41) is 23.1. The molecular weight excluding hydrogens is 430 g/mol. The number of phenolic OH excluding ortho intramolecular Hbond substituents is 2. The number of anilines is 1. The number of amides is 1. The number of sulfonamides is 1. The maximum Gasteiger partial charge on any atom is 0.264 e. The average Bonchev–Trinajstić information content (AvgIpc) is 2.77. The molecule has 0 aliphatic rings. The molecule has 3 N–H and O–H groups in total. The first kappa shape index (κ1) is 22.8. The predicted octanol–water partition coefficient (Wildman–Crippen LogP) is 3.06. The van der Waals surface area contributed by atoms with Gasteiger partial charge in [0.1, 0.15) is 6.54 Å². The highest BCUT2D eigenvalue weighted by molar-refractivity contribution is 7.92. The molecule has 32 heavy (non-hydrogen) atoms. The highest BCUT2D eigenvalue weighted by Gasteiger charge is 2.27. The lowest BCUT2D eigenvalue weighted by Gasteiger charge is -2.24. The van der Waals surface area contributed by atoms with Crippen LogP contribution in [0, 0.1) is 13.8 Å². The highest BCUT2D eigenvalue weighted by atomic mass is 32.2. The minimum absolute atomic E-state index is 0.0548. The molecule has 3 aromatic rings. The van der Waals surface area contributed by atoms with Crippen LogP contribution in [0.2, 0.25) is 0 Å². The van der Waals surface area contributed by atoms with Crippen LogP contribution in [0.25, 0.3) is 0 Å². The molecule has 3 rings (SSSR count). The van der Waals surface area contributed by atoms with Gasteiger partial charge >= 0.3 is 0 Å². The summed E-state index contributed by atoms with van der Waals surface area (Å²) in [6.45, 7) is 3.26. The van der Waals surface area contributed by atoms with Crippen molar-refractivity contribution in [1.29, 1.82) is 0 Å². The molecule has 0 heterocycles. The number of para-hydroxylation sites is 1. The van der Waals surface area contributed by atoms with Gasteiger partial charge in [0.05, 0.1) is 16.8 Å². The molecule has 0 bridgehead atoms. The minimum Gasteiger partial charge on any atom is -0.504 e. The zero-order valence-corrected chi connectivity index (χ0v) is 18.4. The number of benzene rings is 3. The number of aryl methyl sites for hydroxylation is 2. The predicted molar refractivity (Wildman–Crippen MR) is 122 cm³/mol. The number of hydrazone groups is 1. The van der Waals surface area contributed by atoms with Crippen molar-refractivity contribution in [2.75, 3.05) is 10.8 Å². The van der Waals surface area contributed by atoms with Gasteiger partial charge in [-0.05, 0) is 61.4 Å². The lowest BCUT2D eigenvalue weighted by Crippen LogP contribution is -2.39. The normalized spacial score (nSPS) is 11.4. The van der Waals surface area contributed by atoms with E-state index in [1.807, 2.05) is 13.8 Å². The van der Waals surface area contributed by atoms with Gasteiger partial charge in [-0.15, -0.1) is 0 Å². The fraction of sp³-hybridized carbons (Fsp3) is 0.130. The summed E-state index contributed by atoms with van der Waals surface area (Å²) in [6, 6.07) is 17.3. The number of nitrogens with one attached hydrogen (secondary N) is 1. The number of hydrogen-bond donors (Lipinski definition) is 3. The number of carbonyl (C=O) groups is 1. The van der Waals surface area contributed by atoms with Gasteiger partial charge < -0.3 is 10.2 Å². The van der Waals surface area contributed by atoms with Crippen molar-refractivity contribution in [1.82, 2.24) is 5.43 Å². The maximum absolute atomic E-state index is 13.3. The number of phenols is 2. The van der Waals surface area contributed by atoms with Crippen molar-refractivity contribution in [3.63, 3.8) is 0 Å². The van der Waals surface area contributed by atoms with E-state index in [-0.39, 0.29) is 22.0 Å². The number of nitrogens with zero attached hydrogens (tertiary/aromatic N) is 2. The topological polar surface area (TPSA) is 119 Å². The lowest BCUT2D eigenvalue weighted by atomic mass is 10.1. The third kappa shape index (κ3) is 5.06. The van der Waals surface area contributed by atoms with Gasteiger partial charge in [0, 0.05) is 5.56 Å². The molecule has 166 valence electrons. The van der Waals surface area contributed by atoms with E-state index in [4.69, 9.17) is 0 Å². The Labute approximate surface area is 186 Å². The fourth-order valence-corrected chi connectivity index (χ4v) is 4.34. The minimum atomic E-state index is -4.02. The van der Waals surface area contributed by atoms with E-state index in [9.17, 15) is 23.4 Å². The zero-order chi connectivity index (χ0) is 23.3. The van der Waals surface area contributed by atoms with Gasteiger partial charge in [0.2, 0.25) is 0 Å². The van der Waals surface area contributed by atoms with Gasteiger partial charge in [0.15, 0.2) is 11.5 Å². The van der Waals surface area contributed by atoms with E-state index in [1.54, 1.807) is 36.4 Å². The van der Waals surface area contributed by atoms with Crippen molar-refractivity contribution in [3.05, 3.63) is 83.4 Å². The van der Waals surface area contributed by atoms with E-state index in [0.29, 0.717) is 5.69 Å². The Hall–Kier alpha value is -3.85. The smallest absolute Gasteiger partial charge is 0.264 e. The molecule has 8 nitrogen and oxygen atoms in total. The molecular formula is C23H23N3O5S. The molecule has 0 aromatic heterocycles. The second kappa shape index (κ2) is 9.52. The van der Waals surface area contributed by atoms with Crippen molar-refractivity contribution in [2.24, 2.45) is 5.10 Å². The molecule has 0 unspecified atom stereocenters. The Morgan fingerprint density at radius 3 is 2.41 bits per heavy atom. The summed E-state index contributed by atoms with van der Waals surface area (Å²) in [7, 11) is -4.02. The van der Waals surface area contributed by atoms with Crippen molar-refractivity contribution in [2.45, 2.75) is 18.7 Å². The molecule has 0 aliphatic carbocycles. The van der Waals surface area contributed by atoms with Crippen LogP contribution < -0.4 is 9.73 Å². The van der Waals surface area contributed by atoms with E-state index < -0.39 is 22.5 Å². The third-order valence-corrected chi connectivity index (χ3v) is 6.62. The number of hydrogen-bond acceptors (Lipinski definition) is 6. The maximum atomic E-state index is 13.3. The second-order valence-electron chi connectivity index (χ2n) is 7.10. The number of carbonyl (C=O) groups excluding carboxylic acids is 1. The number of rotatable bonds is 7. The Balaban J connectivity index is 1.87. The van der Waals surface area contributed by atoms with Crippen molar-refractivity contribution in [3.8, 4) is 11.5 Å². The SMILES string of the molecule is Cc1ccc(N(CC(=O)N/N=C\c2cccc(O)c2O)S(=O)(=O)c2ccccc2)cc1C. The van der Waals surface area contributed by atoms with Crippen LogP contribution in [0.1, 0.15) is 16.7 Å². The molecule has 0 fully saturated rings. The second-order valence-corrected chi connectivity index (χ2v) is 8.96.